The van der Waals surface area contributed by atoms with Crippen LogP contribution in [0.2, 0.25) is 10.0 Å². The molecular weight excluding hydrogens is 736 g/mol. The molecule has 6 rings (SSSR count). The lowest BCUT2D eigenvalue weighted by Gasteiger charge is -2.32. The summed E-state index contributed by atoms with van der Waals surface area (Å²) in [7, 11) is 0. The number of imide groups is 1. The maximum atomic E-state index is 14.1. The van der Waals surface area contributed by atoms with Gasteiger partial charge in [0, 0.05) is 66.2 Å². The molecular formula is C35H40Cl2FN7O8. The minimum atomic E-state index is -0.843. The highest BCUT2D eigenvalue weighted by molar-refractivity contribution is 6.36. The van der Waals surface area contributed by atoms with Crippen LogP contribution in [0.15, 0.2) is 49.1 Å². The summed E-state index contributed by atoms with van der Waals surface area (Å²) in [5.41, 5.74) is 7.94. The molecule has 0 spiro atoms. The number of carbonyl (C=O) groups is 3. The minimum absolute atomic E-state index is 0.0970. The maximum absolute atomic E-state index is 14.1. The molecule has 3 aliphatic heterocycles. The van der Waals surface area contributed by atoms with E-state index in [9.17, 15) is 18.8 Å². The molecule has 4 atom stereocenters. The number of aromatic nitrogens is 3. The number of nitrogens with two attached hydrogens (primary N) is 1. The van der Waals surface area contributed by atoms with Gasteiger partial charge in [-0.3, -0.25) is 19.6 Å². The quantitative estimate of drug-likeness (QED) is 0.124. The first kappa shape index (κ1) is 38.3. The number of nitrogens with zero attached hydrogens (tertiary/aromatic N) is 4. The summed E-state index contributed by atoms with van der Waals surface area (Å²) in [5.74, 6) is -1.49. The van der Waals surface area contributed by atoms with E-state index in [2.05, 4.69) is 20.7 Å². The van der Waals surface area contributed by atoms with E-state index >= 15 is 0 Å². The van der Waals surface area contributed by atoms with E-state index in [1.165, 1.54) is 18.4 Å². The lowest BCUT2D eigenvalue weighted by molar-refractivity contribution is -0.244. The molecule has 2 fully saturated rings. The van der Waals surface area contributed by atoms with Crippen molar-refractivity contribution < 1.29 is 42.5 Å². The normalized spacial score (nSPS) is 21.2. The molecule has 18 heteroatoms. The number of piperidine rings is 2. The summed E-state index contributed by atoms with van der Waals surface area (Å²) in [6.45, 7) is 3.92. The summed E-state index contributed by atoms with van der Waals surface area (Å²) in [6, 6.07) is 4.29. The van der Waals surface area contributed by atoms with Gasteiger partial charge >= 0.3 is 6.03 Å². The highest BCUT2D eigenvalue weighted by Gasteiger charge is 2.37. The number of nitrogen functional groups attached to an aromatic ring is 1. The summed E-state index contributed by atoms with van der Waals surface area (Å²) in [5, 5.41) is 9.91. The Balaban J connectivity index is 0.890. The van der Waals surface area contributed by atoms with Gasteiger partial charge in [0.25, 0.3) is 0 Å². The Hall–Kier alpha value is -4.48. The van der Waals surface area contributed by atoms with Crippen LogP contribution in [-0.4, -0.2) is 89.5 Å². The predicted octanol–water partition coefficient (Wildman–Crippen LogP) is 4.76. The van der Waals surface area contributed by atoms with Gasteiger partial charge in [-0.2, -0.15) is 5.10 Å². The number of hydrogen-bond donors (Lipinski definition) is 3. The van der Waals surface area contributed by atoms with E-state index < -0.39 is 36.3 Å². The summed E-state index contributed by atoms with van der Waals surface area (Å²) >= 11 is 12.4. The van der Waals surface area contributed by atoms with Crippen LogP contribution in [0.1, 0.15) is 50.3 Å². The molecule has 3 aromatic rings. The summed E-state index contributed by atoms with van der Waals surface area (Å²) in [6.07, 6.45) is 8.01. The van der Waals surface area contributed by atoms with E-state index in [-0.39, 0.29) is 53.5 Å². The van der Waals surface area contributed by atoms with Crippen LogP contribution in [0.5, 0.6) is 5.75 Å². The number of hydrogen-bond acceptors (Lipinski definition) is 11. The fourth-order valence-corrected chi connectivity index (χ4v) is 6.89. The second-order valence-electron chi connectivity index (χ2n) is 12.7. The van der Waals surface area contributed by atoms with Crippen LogP contribution in [0, 0.1) is 11.7 Å². The molecule has 4 unspecified atom stereocenters. The Labute approximate surface area is 314 Å². The fourth-order valence-electron chi connectivity index (χ4n) is 6.21. The topological polar surface area (TPSA) is 181 Å². The monoisotopic (exact) mass is 775 g/mol. The molecule has 5 heterocycles. The SMILES string of the molecule is CC(Oc1cc(-c2cnn(C3CCN(C(=O)NCCOCCOC4C=COC(C5CCC(=O)NC5=O)O4)CC3)c2)cnc1N)c1c(Cl)ccc(F)c1Cl. The number of urea groups is 1. The Kier molecular flexibility index (Phi) is 12.7. The van der Waals surface area contributed by atoms with Crippen molar-refractivity contribution in [2.45, 2.75) is 57.3 Å². The highest BCUT2D eigenvalue weighted by atomic mass is 35.5. The van der Waals surface area contributed by atoms with Gasteiger partial charge in [0.05, 0.1) is 43.3 Å². The molecule has 2 aromatic heterocycles. The molecule has 4 N–H and O–H groups in total. The van der Waals surface area contributed by atoms with Crippen molar-refractivity contribution in [1.82, 2.24) is 30.3 Å². The van der Waals surface area contributed by atoms with Crippen LogP contribution < -0.4 is 21.1 Å². The maximum Gasteiger partial charge on any atom is 0.317 e. The van der Waals surface area contributed by atoms with E-state index in [0.717, 1.165) is 24.0 Å². The first-order valence-electron chi connectivity index (χ1n) is 17.2. The average molecular weight is 777 g/mol. The zero-order valence-corrected chi connectivity index (χ0v) is 30.4. The van der Waals surface area contributed by atoms with Crippen molar-refractivity contribution in [2.24, 2.45) is 5.92 Å². The van der Waals surface area contributed by atoms with E-state index in [4.69, 9.17) is 52.6 Å². The molecule has 15 nitrogen and oxygen atoms in total. The number of rotatable bonds is 13. The lowest BCUT2D eigenvalue weighted by Crippen LogP contribution is -2.48. The molecule has 0 radical (unpaired) electrons. The van der Waals surface area contributed by atoms with Crippen molar-refractivity contribution in [1.29, 1.82) is 0 Å². The molecule has 3 aliphatic rings. The second-order valence-corrected chi connectivity index (χ2v) is 13.4. The second kappa shape index (κ2) is 17.6. The number of pyridine rings is 1. The molecule has 284 valence electrons. The van der Waals surface area contributed by atoms with Crippen molar-refractivity contribution >= 4 is 46.9 Å². The Bertz CT molecular complexity index is 1820. The van der Waals surface area contributed by atoms with Crippen molar-refractivity contribution in [3.05, 3.63) is 70.6 Å². The number of likely N-dealkylation sites (tertiary alicyclic amines) is 1. The number of halogens is 3. The molecule has 0 bridgehead atoms. The van der Waals surface area contributed by atoms with Gasteiger partial charge in [-0.05, 0) is 44.4 Å². The lowest BCUT2D eigenvalue weighted by atomic mass is 9.97. The van der Waals surface area contributed by atoms with Crippen LogP contribution in [-0.2, 0) is 28.5 Å². The first-order chi connectivity index (χ1) is 25.6. The van der Waals surface area contributed by atoms with Crippen LogP contribution in [0.25, 0.3) is 11.1 Å². The van der Waals surface area contributed by atoms with Gasteiger partial charge in [-0.1, -0.05) is 23.2 Å². The van der Waals surface area contributed by atoms with Gasteiger partial charge < -0.3 is 39.6 Å². The standard InChI is InChI=1S/C35H40Cl2FN7O8/c1-20(30-25(36)3-4-26(38)31(30)37)52-27-16-21(17-41-32(27)39)22-18-42-45(19-22)23-6-10-44(11-7-23)35(48)40-9-13-49-14-15-50-29-8-12-51-34(53-29)24-2-5-28(46)43-33(24)47/h3-4,8,12,16-20,23-24,29,34H,2,5-7,9-11,13-15H2,1H3,(H2,39,41)(H,40,48)(H,43,46,47). The minimum Gasteiger partial charge on any atom is -0.482 e. The van der Waals surface area contributed by atoms with Crippen LogP contribution in [0.4, 0.5) is 15.0 Å². The van der Waals surface area contributed by atoms with Crippen LogP contribution in [0.3, 0.4) is 0 Å². The number of ether oxygens (including phenoxy) is 5. The van der Waals surface area contributed by atoms with Crippen LogP contribution >= 0.6 is 23.2 Å². The van der Waals surface area contributed by atoms with E-state index in [1.807, 2.05) is 10.9 Å². The van der Waals surface area contributed by atoms with Gasteiger partial charge in [0.1, 0.15) is 17.8 Å². The smallest absolute Gasteiger partial charge is 0.317 e. The van der Waals surface area contributed by atoms with Crippen molar-refractivity contribution in [3.63, 3.8) is 0 Å². The zero-order chi connectivity index (χ0) is 37.5. The molecule has 2 saturated heterocycles. The van der Waals surface area contributed by atoms with Gasteiger partial charge in [-0.25, -0.2) is 14.2 Å². The summed E-state index contributed by atoms with van der Waals surface area (Å²) in [4.78, 5) is 42.3. The molecule has 1 aromatic carbocycles. The number of nitrogens with one attached hydrogen (secondary N) is 2. The third-order valence-electron chi connectivity index (χ3n) is 9.09. The molecule has 0 saturated carbocycles. The van der Waals surface area contributed by atoms with Gasteiger partial charge in [-0.15, -0.1) is 0 Å². The first-order valence-corrected chi connectivity index (χ1v) is 18.0. The van der Waals surface area contributed by atoms with Gasteiger partial charge in [0.2, 0.25) is 18.1 Å². The number of carbonyl (C=O) groups excluding carboxylic acids is 3. The third-order valence-corrected chi connectivity index (χ3v) is 9.81. The van der Waals surface area contributed by atoms with Crippen molar-refractivity contribution in [3.8, 4) is 16.9 Å². The predicted molar refractivity (Wildman–Crippen MR) is 190 cm³/mol. The summed E-state index contributed by atoms with van der Waals surface area (Å²) < 4.78 is 44.4. The largest absolute Gasteiger partial charge is 0.482 e. The average Bonchev–Trinajstić information content (AvgIpc) is 3.64. The number of anilines is 1. The fraction of sp³-hybridized carbons (Fsp3) is 0.457. The van der Waals surface area contributed by atoms with Crippen molar-refractivity contribution in [2.75, 3.05) is 45.2 Å². The Morgan fingerprint density at radius 1 is 1.15 bits per heavy atom. The van der Waals surface area contributed by atoms with E-state index in [0.29, 0.717) is 44.0 Å². The van der Waals surface area contributed by atoms with E-state index in [1.54, 1.807) is 36.4 Å². The Morgan fingerprint density at radius 2 is 1.96 bits per heavy atom. The van der Waals surface area contributed by atoms with Gasteiger partial charge in [0.15, 0.2) is 17.9 Å². The Morgan fingerprint density at radius 3 is 2.75 bits per heavy atom. The molecule has 53 heavy (non-hydrogen) atoms. The number of amides is 4. The molecule has 4 amide bonds. The molecule has 0 aliphatic carbocycles. The third kappa shape index (κ3) is 9.55. The zero-order valence-electron chi connectivity index (χ0n) is 28.8. The number of benzene rings is 1. The highest BCUT2D eigenvalue weighted by Crippen LogP contribution is 2.37.